The Labute approximate surface area is 130 Å². The van der Waals surface area contributed by atoms with Crippen LogP contribution in [0.3, 0.4) is 0 Å². The van der Waals surface area contributed by atoms with E-state index in [-0.39, 0.29) is 0 Å². The van der Waals surface area contributed by atoms with Gasteiger partial charge in [-0.2, -0.15) is 0 Å². The molecule has 0 fully saturated rings. The van der Waals surface area contributed by atoms with E-state index in [4.69, 9.17) is 15.7 Å². The zero-order valence-electron chi connectivity index (χ0n) is 12.1. The lowest BCUT2D eigenvalue weighted by Crippen LogP contribution is -1.95. The lowest BCUT2D eigenvalue weighted by molar-refractivity contribution is 1.36. The van der Waals surface area contributed by atoms with Crippen LogP contribution in [0.15, 0.2) is 54.9 Å². The Morgan fingerprint density at radius 1 is 0.696 bits per heavy atom. The van der Waals surface area contributed by atoms with Gasteiger partial charge >= 0.3 is 0 Å². The van der Waals surface area contributed by atoms with Crippen LogP contribution in [0.4, 0.5) is 5.69 Å². The zero-order chi connectivity index (χ0) is 15.4. The van der Waals surface area contributed by atoms with E-state index in [1.807, 2.05) is 42.5 Å². The summed E-state index contributed by atoms with van der Waals surface area (Å²) in [5.41, 5.74) is 11.5. The molecule has 108 valence electrons. The normalized spacial score (nSPS) is 11.7. The van der Waals surface area contributed by atoms with E-state index in [0.29, 0.717) is 5.69 Å². The van der Waals surface area contributed by atoms with Crippen LogP contribution in [0.2, 0.25) is 0 Å². The SMILES string of the molecule is Nc1cnc2c(c1)c1nc3ccccc3nc1c1cccnc12. The van der Waals surface area contributed by atoms with Gasteiger partial charge in [0.15, 0.2) is 0 Å². The molecule has 5 rings (SSSR count). The van der Waals surface area contributed by atoms with Crippen LogP contribution in [0.25, 0.3) is 43.9 Å². The molecule has 0 saturated heterocycles. The van der Waals surface area contributed by atoms with Gasteiger partial charge in [-0.25, -0.2) is 9.97 Å². The van der Waals surface area contributed by atoms with Gasteiger partial charge in [0.05, 0.1) is 45.0 Å². The van der Waals surface area contributed by atoms with Crippen LogP contribution in [-0.4, -0.2) is 19.9 Å². The van der Waals surface area contributed by atoms with Crippen LogP contribution in [0, 0.1) is 0 Å². The largest absolute Gasteiger partial charge is 0.397 e. The van der Waals surface area contributed by atoms with Crippen LogP contribution in [0.1, 0.15) is 0 Å². The fourth-order valence-corrected chi connectivity index (χ4v) is 3.01. The molecule has 3 heterocycles. The first-order valence-corrected chi connectivity index (χ1v) is 7.30. The van der Waals surface area contributed by atoms with E-state index in [9.17, 15) is 0 Å². The highest BCUT2D eigenvalue weighted by atomic mass is 14.8. The quantitative estimate of drug-likeness (QED) is 0.350. The standard InChI is InChI=1S/C18H11N5/c19-10-8-12-16(21-9-10)15-11(4-3-7-20-15)17-18(12)23-14-6-2-1-5-13(14)22-17/h1-9H,19H2. The maximum absolute atomic E-state index is 5.94. The van der Waals surface area contributed by atoms with Crippen LogP contribution < -0.4 is 5.73 Å². The van der Waals surface area contributed by atoms with Gasteiger partial charge in [0.1, 0.15) is 0 Å². The number of benzene rings is 2. The number of rotatable bonds is 0. The average Bonchev–Trinajstić information content (AvgIpc) is 2.60. The molecule has 2 aromatic carbocycles. The fraction of sp³-hybridized carbons (Fsp3) is 0. The third kappa shape index (κ3) is 1.67. The maximum atomic E-state index is 5.94. The second-order valence-corrected chi connectivity index (χ2v) is 5.47. The molecule has 0 aliphatic carbocycles. The van der Waals surface area contributed by atoms with Gasteiger partial charge in [-0.15, -0.1) is 0 Å². The summed E-state index contributed by atoms with van der Waals surface area (Å²) in [5.74, 6) is 0. The maximum Gasteiger partial charge on any atom is 0.0997 e. The van der Waals surface area contributed by atoms with E-state index in [0.717, 1.165) is 43.9 Å². The van der Waals surface area contributed by atoms with Gasteiger partial charge in [0.25, 0.3) is 0 Å². The number of fused-ring (bicyclic) bond motifs is 7. The third-order valence-electron chi connectivity index (χ3n) is 4.02. The number of anilines is 1. The van der Waals surface area contributed by atoms with Crippen LogP contribution in [0.5, 0.6) is 0 Å². The molecule has 5 heteroatoms. The number of hydrogen-bond donors (Lipinski definition) is 1. The monoisotopic (exact) mass is 297 g/mol. The highest BCUT2D eigenvalue weighted by Crippen LogP contribution is 2.32. The third-order valence-corrected chi connectivity index (χ3v) is 4.02. The van der Waals surface area contributed by atoms with Gasteiger partial charge in [0.2, 0.25) is 0 Å². The number of para-hydroxylation sites is 2. The molecule has 0 radical (unpaired) electrons. The van der Waals surface area contributed by atoms with Crippen molar-refractivity contribution in [1.82, 2.24) is 19.9 Å². The topological polar surface area (TPSA) is 77.6 Å². The summed E-state index contributed by atoms with van der Waals surface area (Å²) in [5, 5.41) is 1.83. The van der Waals surface area contributed by atoms with Crippen molar-refractivity contribution in [3.63, 3.8) is 0 Å². The number of aromatic nitrogens is 4. The average molecular weight is 297 g/mol. The highest BCUT2D eigenvalue weighted by Gasteiger charge is 2.13. The molecule has 0 aliphatic rings. The van der Waals surface area contributed by atoms with Crippen molar-refractivity contribution in [2.75, 3.05) is 5.73 Å². The van der Waals surface area contributed by atoms with Crippen molar-refractivity contribution >= 4 is 49.6 Å². The summed E-state index contributed by atoms with van der Waals surface area (Å²) in [6.45, 7) is 0. The van der Waals surface area contributed by atoms with Crippen molar-refractivity contribution in [2.24, 2.45) is 0 Å². The molecule has 0 saturated carbocycles. The number of nitrogens with zero attached hydrogens (tertiary/aromatic N) is 4. The summed E-state index contributed by atoms with van der Waals surface area (Å²) >= 11 is 0. The molecule has 23 heavy (non-hydrogen) atoms. The second kappa shape index (κ2) is 4.33. The fourth-order valence-electron chi connectivity index (χ4n) is 3.01. The number of pyridine rings is 2. The lowest BCUT2D eigenvalue weighted by Gasteiger charge is -2.09. The molecule has 0 aliphatic heterocycles. The predicted molar refractivity (Wildman–Crippen MR) is 92.1 cm³/mol. The Morgan fingerprint density at radius 2 is 1.39 bits per heavy atom. The Bertz CT molecular complexity index is 1230. The van der Waals surface area contributed by atoms with Crippen LogP contribution >= 0.6 is 0 Å². The van der Waals surface area contributed by atoms with Gasteiger partial charge in [-0.05, 0) is 30.3 Å². The van der Waals surface area contributed by atoms with Crippen molar-refractivity contribution in [2.45, 2.75) is 0 Å². The molecule has 5 nitrogen and oxygen atoms in total. The first-order valence-electron chi connectivity index (χ1n) is 7.30. The minimum atomic E-state index is 0.601. The van der Waals surface area contributed by atoms with Crippen molar-refractivity contribution in [3.8, 4) is 0 Å². The molecule has 0 bridgehead atoms. The molecule has 0 unspecified atom stereocenters. The van der Waals surface area contributed by atoms with Gasteiger partial charge in [0, 0.05) is 17.0 Å². The van der Waals surface area contributed by atoms with Crippen molar-refractivity contribution < 1.29 is 0 Å². The number of hydrogen-bond acceptors (Lipinski definition) is 5. The second-order valence-electron chi connectivity index (χ2n) is 5.47. The van der Waals surface area contributed by atoms with Gasteiger partial charge < -0.3 is 5.73 Å². The summed E-state index contributed by atoms with van der Waals surface area (Å²) in [6.07, 6.45) is 3.41. The lowest BCUT2D eigenvalue weighted by atomic mass is 10.1. The van der Waals surface area contributed by atoms with E-state index in [1.165, 1.54) is 0 Å². The number of nitrogens with two attached hydrogens (primary N) is 1. The van der Waals surface area contributed by atoms with Gasteiger partial charge in [-0.1, -0.05) is 12.1 Å². The molecular formula is C18H11N5. The van der Waals surface area contributed by atoms with E-state index in [2.05, 4.69) is 9.97 Å². The molecular weight excluding hydrogens is 286 g/mol. The van der Waals surface area contributed by atoms with E-state index in [1.54, 1.807) is 12.4 Å². The summed E-state index contributed by atoms with van der Waals surface area (Å²) in [4.78, 5) is 18.6. The summed E-state index contributed by atoms with van der Waals surface area (Å²) in [6, 6.07) is 13.6. The van der Waals surface area contributed by atoms with Gasteiger partial charge in [-0.3, -0.25) is 9.97 Å². The molecule has 0 atom stereocenters. The molecule has 0 spiro atoms. The number of nitrogen functional groups attached to an aromatic ring is 1. The zero-order valence-corrected chi connectivity index (χ0v) is 12.1. The molecule has 2 N–H and O–H groups in total. The predicted octanol–water partition coefficient (Wildman–Crippen LogP) is 3.46. The van der Waals surface area contributed by atoms with Crippen molar-refractivity contribution in [1.29, 1.82) is 0 Å². The summed E-state index contributed by atoms with van der Waals surface area (Å²) < 4.78 is 0. The Morgan fingerprint density at radius 3 is 2.17 bits per heavy atom. The van der Waals surface area contributed by atoms with E-state index >= 15 is 0 Å². The molecule has 5 aromatic rings. The first kappa shape index (κ1) is 12.2. The Balaban J connectivity index is 2.16. The highest BCUT2D eigenvalue weighted by molar-refractivity contribution is 6.21. The Kier molecular flexibility index (Phi) is 2.30. The van der Waals surface area contributed by atoms with E-state index < -0.39 is 0 Å². The van der Waals surface area contributed by atoms with Crippen molar-refractivity contribution in [3.05, 3.63) is 54.9 Å². The van der Waals surface area contributed by atoms with Crippen LogP contribution in [-0.2, 0) is 0 Å². The smallest absolute Gasteiger partial charge is 0.0997 e. The molecule has 3 aromatic heterocycles. The Hall–Kier alpha value is -3.34. The minimum Gasteiger partial charge on any atom is -0.397 e. The first-order chi connectivity index (χ1) is 11.3. The minimum absolute atomic E-state index is 0.601. The summed E-state index contributed by atoms with van der Waals surface area (Å²) in [7, 11) is 0. The molecule has 0 amide bonds.